The molecule has 1 heterocycles. The van der Waals surface area contributed by atoms with Crippen molar-refractivity contribution in [3.63, 3.8) is 0 Å². The Morgan fingerprint density at radius 3 is 2.38 bits per heavy atom. The summed E-state index contributed by atoms with van der Waals surface area (Å²) in [5.41, 5.74) is 0. The molecule has 0 aliphatic carbocycles. The molecule has 0 radical (unpaired) electrons. The molecule has 0 spiro atoms. The summed E-state index contributed by atoms with van der Waals surface area (Å²) in [5, 5.41) is 0. The zero-order valence-corrected chi connectivity index (χ0v) is 5.68. The highest BCUT2D eigenvalue weighted by atomic mass is 16.5. The van der Waals surface area contributed by atoms with Crippen LogP contribution in [0.2, 0.25) is 0 Å². The van der Waals surface area contributed by atoms with Gasteiger partial charge in [-0.15, -0.1) is 0 Å². The molecule has 0 N–H and O–H groups in total. The van der Waals surface area contributed by atoms with Crippen molar-refractivity contribution in [2.45, 2.75) is 32.8 Å². The number of rotatable bonds is 0. The Morgan fingerprint density at radius 2 is 2.00 bits per heavy atom. The Kier molecular flexibility index (Phi) is 1.90. The van der Waals surface area contributed by atoms with E-state index in [1.54, 1.807) is 0 Å². The minimum atomic E-state index is 0.520. The third kappa shape index (κ3) is 1.48. The average Bonchev–Trinajstić information content (AvgIpc) is 1.77. The van der Waals surface area contributed by atoms with Gasteiger partial charge in [0.2, 0.25) is 0 Å². The smallest absolute Gasteiger partial charge is 0.0547 e. The number of hydrogen-bond donors (Lipinski definition) is 0. The quantitative estimate of drug-likeness (QED) is 0.466. The fraction of sp³-hybridized carbons (Fsp3) is 1.00. The first-order chi connectivity index (χ1) is 3.79. The van der Waals surface area contributed by atoms with E-state index >= 15 is 0 Å². The van der Waals surface area contributed by atoms with Crippen molar-refractivity contribution in [1.29, 1.82) is 0 Å². The highest BCUT2D eigenvalue weighted by Crippen LogP contribution is 2.16. The van der Waals surface area contributed by atoms with Crippen LogP contribution in [-0.4, -0.2) is 12.7 Å². The van der Waals surface area contributed by atoms with Gasteiger partial charge in [-0.2, -0.15) is 0 Å². The Bertz CT molecular complexity index is 52.8. The Labute approximate surface area is 51.0 Å². The topological polar surface area (TPSA) is 9.23 Å². The molecule has 1 nitrogen and oxygen atoms in total. The minimum absolute atomic E-state index is 0.520. The Morgan fingerprint density at radius 1 is 1.25 bits per heavy atom. The van der Waals surface area contributed by atoms with E-state index in [0.29, 0.717) is 6.10 Å². The van der Waals surface area contributed by atoms with Crippen LogP contribution in [-0.2, 0) is 4.74 Å². The van der Waals surface area contributed by atoms with Crippen LogP contribution in [0.1, 0.15) is 26.7 Å². The summed E-state index contributed by atoms with van der Waals surface area (Å²) >= 11 is 0. The average molecular weight is 114 g/mol. The van der Waals surface area contributed by atoms with E-state index < -0.39 is 0 Å². The maximum Gasteiger partial charge on any atom is 0.0547 e. The van der Waals surface area contributed by atoms with Gasteiger partial charge in [0.15, 0.2) is 0 Å². The summed E-state index contributed by atoms with van der Waals surface area (Å²) in [6, 6.07) is 0. The molecule has 0 aromatic carbocycles. The van der Waals surface area contributed by atoms with Crippen LogP contribution in [0.25, 0.3) is 0 Å². The van der Waals surface area contributed by atoms with Gasteiger partial charge in [0.25, 0.3) is 0 Å². The zero-order chi connectivity index (χ0) is 5.98. The Hall–Kier alpha value is -0.0400. The second-order valence-corrected chi connectivity index (χ2v) is 2.83. The second-order valence-electron chi connectivity index (χ2n) is 2.83. The third-order valence-electron chi connectivity index (χ3n) is 1.73. The predicted octanol–water partition coefficient (Wildman–Crippen LogP) is 1.82. The van der Waals surface area contributed by atoms with Crippen molar-refractivity contribution < 1.29 is 4.74 Å². The number of ether oxygens (including phenoxy) is 1. The van der Waals surface area contributed by atoms with Gasteiger partial charge < -0.3 is 4.74 Å². The fourth-order valence-electron chi connectivity index (χ4n) is 1.01. The SMILES string of the molecule is C[C@H]1CC[C@@H](C)OC1. The van der Waals surface area contributed by atoms with Crippen LogP contribution >= 0.6 is 0 Å². The molecule has 0 amide bonds. The van der Waals surface area contributed by atoms with Crippen molar-refractivity contribution in [1.82, 2.24) is 0 Å². The molecule has 1 heteroatoms. The zero-order valence-electron chi connectivity index (χ0n) is 5.68. The van der Waals surface area contributed by atoms with Gasteiger partial charge in [-0.3, -0.25) is 0 Å². The van der Waals surface area contributed by atoms with E-state index in [9.17, 15) is 0 Å². The molecule has 1 aliphatic rings. The van der Waals surface area contributed by atoms with Gasteiger partial charge in [0, 0.05) is 6.61 Å². The van der Waals surface area contributed by atoms with Gasteiger partial charge in [-0.05, 0) is 25.7 Å². The van der Waals surface area contributed by atoms with Crippen molar-refractivity contribution in [3.8, 4) is 0 Å². The molecule has 8 heavy (non-hydrogen) atoms. The molecular formula is C7H14O. The van der Waals surface area contributed by atoms with Crippen molar-refractivity contribution in [3.05, 3.63) is 0 Å². The molecule has 0 aromatic heterocycles. The first-order valence-electron chi connectivity index (χ1n) is 3.40. The molecule has 0 saturated carbocycles. The van der Waals surface area contributed by atoms with E-state index in [1.807, 2.05) is 0 Å². The first kappa shape index (κ1) is 6.09. The molecule has 0 unspecified atom stereocenters. The monoisotopic (exact) mass is 114 g/mol. The highest BCUT2D eigenvalue weighted by molar-refractivity contribution is 4.62. The van der Waals surface area contributed by atoms with Crippen molar-refractivity contribution in [2.24, 2.45) is 5.92 Å². The lowest BCUT2D eigenvalue weighted by Crippen LogP contribution is -2.21. The summed E-state index contributed by atoms with van der Waals surface area (Å²) < 4.78 is 5.39. The van der Waals surface area contributed by atoms with Crippen molar-refractivity contribution in [2.75, 3.05) is 6.61 Å². The van der Waals surface area contributed by atoms with Crippen LogP contribution in [0.3, 0.4) is 0 Å². The molecule has 0 aromatic rings. The summed E-state index contributed by atoms with van der Waals surface area (Å²) in [7, 11) is 0. The van der Waals surface area contributed by atoms with Gasteiger partial charge in [0.05, 0.1) is 6.10 Å². The van der Waals surface area contributed by atoms with Gasteiger partial charge >= 0.3 is 0 Å². The van der Waals surface area contributed by atoms with Gasteiger partial charge in [0.1, 0.15) is 0 Å². The molecule has 1 aliphatic heterocycles. The normalized spacial score (nSPS) is 39.8. The molecule has 2 atom stereocenters. The van der Waals surface area contributed by atoms with Crippen molar-refractivity contribution >= 4 is 0 Å². The third-order valence-corrected chi connectivity index (χ3v) is 1.73. The molecule has 1 rings (SSSR count). The van der Waals surface area contributed by atoms with Crippen LogP contribution in [0, 0.1) is 5.92 Å². The van der Waals surface area contributed by atoms with E-state index in [1.165, 1.54) is 12.8 Å². The summed E-state index contributed by atoms with van der Waals surface area (Å²) in [6.45, 7) is 5.36. The van der Waals surface area contributed by atoms with Gasteiger partial charge in [-0.25, -0.2) is 0 Å². The largest absolute Gasteiger partial charge is 0.378 e. The molecule has 1 saturated heterocycles. The highest BCUT2D eigenvalue weighted by Gasteiger charge is 2.13. The van der Waals surface area contributed by atoms with E-state index in [2.05, 4.69) is 13.8 Å². The maximum absolute atomic E-state index is 5.39. The van der Waals surface area contributed by atoms with E-state index in [-0.39, 0.29) is 0 Å². The lowest BCUT2D eigenvalue weighted by molar-refractivity contribution is 0.000267. The molecular weight excluding hydrogens is 100 g/mol. The summed E-state index contributed by atoms with van der Waals surface area (Å²) in [6.07, 6.45) is 3.12. The Balaban J connectivity index is 2.19. The maximum atomic E-state index is 5.39. The van der Waals surface area contributed by atoms with E-state index in [4.69, 9.17) is 4.74 Å². The molecule has 48 valence electrons. The van der Waals surface area contributed by atoms with Gasteiger partial charge in [-0.1, -0.05) is 6.92 Å². The lowest BCUT2D eigenvalue weighted by Gasteiger charge is -2.23. The number of hydrogen-bond acceptors (Lipinski definition) is 1. The molecule has 0 bridgehead atoms. The standard InChI is InChI=1S/C7H14O/c1-6-3-4-7(2)8-5-6/h6-7H,3-5H2,1-2H3/t6-,7+/m0/s1. The second kappa shape index (κ2) is 2.49. The lowest BCUT2D eigenvalue weighted by atomic mass is 10.0. The predicted molar refractivity (Wildman–Crippen MR) is 33.8 cm³/mol. The summed E-state index contributed by atoms with van der Waals surface area (Å²) in [5.74, 6) is 0.797. The van der Waals surface area contributed by atoms with Crippen LogP contribution < -0.4 is 0 Å². The van der Waals surface area contributed by atoms with Crippen LogP contribution in [0.4, 0.5) is 0 Å². The minimum Gasteiger partial charge on any atom is -0.378 e. The van der Waals surface area contributed by atoms with Crippen LogP contribution in [0.15, 0.2) is 0 Å². The fourth-order valence-corrected chi connectivity index (χ4v) is 1.01. The first-order valence-corrected chi connectivity index (χ1v) is 3.40. The van der Waals surface area contributed by atoms with Crippen LogP contribution in [0.5, 0.6) is 0 Å². The molecule has 1 fully saturated rings. The van der Waals surface area contributed by atoms with E-state index in [0.717, 1.165) is 12.5 Å². The summed E-state index contributed by atoms with van der Waals surface area (Å²) in [4.78, 5) is 0.